The minimum atomic E-state index is 0. The summed E-state index contributed by atoms with van der Waals surface area (Å²) in [6, 6.07) is 9.07. The second-order valence-corrected chi connectivity index (χ2v) is 5.79. The molecule has 0 unspecified atom stereocenters. The molecule has 0 spiro atoms. The minimum absolute atomic E-state index is 0. The molecule has 0 atom stereocenters. The van der Waals surface area contributed by atoms with Gasteiger partial charge in [-0.15, -0.1) is 0 Å². The van der Waals surface area contributed by atoms with Crippen LogP contribution in [-0.2, 0) is 6.42 Å². The van der Waals surface area contributed by atoms with Crippen molar-refractivity contribution in [2.45, 2.75) is 41.0 Å². The van der Waals surface area contributed by atoms with Crippen molar-refractivity contribution in [3.8, 4) is 5.75 Å². The van der Waals surface area contributed by atoms with Gasteiger partial charge in [0.25, 0.3) is 0 Å². The van der Waals surface area contributed by atoms with E-state index in [0.29, 0.717) is 0 Å². The van der Waals surface area contributed by atoms with E-state index in [0.717, 1.165) is 12.2 Å². The van der Waals surface area contributed by atoms with Crippen molar-refractivity contribution in [2.75, 3.05) is 7.11 Å². The van der Waals surface area contributed by atoms with Crippen molar-refractivity contribution in [2.24, 2.45) is 0 Å². The van der Waals surface area contributed by atoms with Crippen LogP contribution in [0.15, 0.2) is 24.3 Å². The van der Waals surface area contributed by atoms with Gasteiger partial charge in [-0.3, -0.25) is 0 Å². The molecule has 0 radical (unpaired) electrons. The molecule has 0 heterocycles. The van der Waals surface area contributed by atoms with Crippen molar-refractivity contribution in [3.63, 3.8) is 0 Å². The van der Waals surface area contributed by atoms with Gasteiger partial charge in [-0.2, -0.15) is 0 Å². The van der Waals surface area contributed by atoms with Crippen LogP contribution < -0.4 is 4.74 Å². The molecule has 0 N–H and O–H groups in total. The molecule has 20 heavy (non-hydrogen) atoms. The number of ether oxygens (including phenoxy) is 1. The maximum Gasteiger partial charge on any atom is 0.124 e. The maximum atomic E-state index is 5.43. The summed E-state index contributed by atoms with van der Waals surface area (Å²) in [5.41, 5.74) is 9.31. The van der Waals surface area contributed by atoms with Gasteiger partial charge >= 0.3 is 0 Å². The van der Waals surface area contributed by atoms with Crippen molar-refractivity contribution in [1.82, 2.24) is 0 Å². The Morgan fingerprint density at radius 3 is 1.55 bits per heavy atom. The standard InChI is InChI=1S/C19H24O.H2/c1-12-7-17(8-13(2)16(12)5)11-18-9-14(3)19(20-6)15(4)10-18;/h7-10H,11H2,1-6H3;1H. The van der Waals surface area contributed by atoms with E-state index in [2.05, 4.69) is 58.9 Å². The highest BCUT2D eigenvalue weighted by Gasteiger charge is 2.07. The van der Waals surface area contributed by atoms with Crippen LogP contribution in [0.2, 0.25) is 0 Å². The first-order valence-electron chi connectivity index (χ1n) is 7.13. The van der Waals surface area contributed by atoms with Crippen LogP contribution in [0, 0.1) is 34.6 Å². The Labute approximate surface area is 124 Å². The van der Waals surface area contributed by atoms with Crippen LogP contribution in [-0.4, -0.2) is 7.11 Å². The molecule has 0 bridgehead atoms. The molecule has 0 saturated carbocycles. The lowest BCUT2D eigenvalue weighted by atomic mass is 9.95. The average molecular weight is 270 g/mol. The zero-order valence-corrected chi connectivity index (χ0v) is 13.4. The lowest BCUT2D eigenvalue weighted by Gasteiger charge is -2.13. The van der Waals surface area contributed by atoms with Crippen LogP contribution in [0.4, 0.5) is 0 Å². The fourth-order valence-electron chi connectivity index (χ4n) is 2.93. The smallest absolute Gasteiger partial charge is 0.124 e. The van der Waals surface area contributed by atoms with Crippen molar-refractivity contribution in [3.05, 3.63) is 63.2 Å². The van der Waals surface area contributed by atoms with Crippen LogP contribution in [0.1, 0.15) is 40.4 Å². The second-order valence-electron chi connectivity index (χ2n) is 5.79. The molecular weight excluding hydrogens is 244 g/mol. The van der Waals surface area contributed by atoms with E-state index in [4.69, 9.17) is 4.74 Å². The number of hydrogen-bond acceptors (Lipinski definition) is 1. The summed E-state index contributed by atoms with van der Waals surface area (Å²) in [5, 5.41) is 0. The van der Waals surface area contributed by atoms with Crippen molar-refractivity contribution in [1.29, 1.82) is 0 Å². The van der Waals surface area contributed by atoms with Gasteiger partial charge in [0.2, 0.25) is 0 Å². The Bertz CT molecular complexity index is 598. The number of aryl methyl sites for hydroxylation is 4. The van der Waals surface area contributed by atoms with Crippen LogP contribution >= 0.6 is 0 Å². The molecule has 2 aromatic carbocycles. The Morgan fingerprint density at radius 1 is 0.750 bits per heavy atom. The first-order valence-corrected chi connectivity index (χ1v) is 7.13. The molecule has 0 aromatic heterocycles. The first kappa shape index (κ1) is 14.6. The molecule has 1 nitrogen and oxygen atoms in total. The molecule has 1 heteroatoms. The lowest BCUT2D eigenvalue weighted by molar-refractivity contribution is 0.408. The highest BCUT2D eigenvalue weighted by Crippen LogP contribution is 2.26. The molecular formula is C19H26O. The second kappa shape index (κ2) is 5.70. The normalized spacial score (nSPS) is 10.7. The predicted molar refractivity (Wildman–Crippen MR) is 88.0 cm³/mol. The Balaban J connectivity index is 0.00000220. The summed E-state index contributed by atoms with van der Waals surface area (Å²) in [5.74, 6) is 1.00. The van der Waals surface area contributed by atoms with Crippen LogP contribution in [0.5, 0.6) is 5.75 Å². The summed E-state index contributed by atoms with van der Waals surface area (Å²) in [6.45, 7) is 10.8. The quantitative estimate of drug-likeness (QED) is 0.756. The van der Waals surface area contributed by atoms with Gasteiger partial charge in [0, 0.05) is 1.43 Å². The molecule has 2 rings (SSSR count). The first-order chi connectivity index (χ1) is 9.42. The molecule has 0 aliphatic heterocycles. The molecule has 0 aliphatic carbocycles. The number of rotatable bonds is 3. The van der Waals surface area contributed by atoms with E-state index in [1.165, 1.54) is 38.9 Å². The zero-order valence-electron chi connectivity index (χ0n) is 13.4. The zero-order chi connectivity index (χ0) is 14.9. The molecule has 0 saturated heterocycles. The minimum Gasteiger partial charge on any atom is -0.496 e. The third-order valence-electron chi connectivity index (χ3n) is 4.12. The van der Waals surface area contributed by atoms with Gasteiger partial charge in [-0.1, -0.05) is 24.3 Å². The van der Waals surface area contributed by atoms with Gasteiger partial charge in [0.05, 0.1) is 7.11 Å². The summed E-state index contributed by atoms with van der Waals surface area (Å²) in [7, 11) is 1.74. The van der Waals surface area contributed by atoms with Gasteiger partial charge in [0.15, 0.2) is 0 Å². The number of hydrogen-bond donors (Lipinski definition) is 0. The fraction of sp³-hybridized carbons (Fsp3) is 0.368. The van der Waals surface area contributed by atoms with E-state index in [-0.39, 0.29) is 1.43 Å². The monoisotopic (exact) mass is 270 g/mol. The van der Waals surface area contributed by atoms with Crippen LogP contribution in [0.25, 0.3) is 0 Å². The largest absolute Gasteiger partial charge is 0.496 e. The fourth-order valence-corrected chi connectivity index (χ4v) is 2.93. The van der Waals surface area contributed by atoms with Crippen molar-refractivity contribution >= 4 is 0 Å². The third kappa shape index (κ3) is 2.87. The topological polar surface area (TPSA) is 9.23 Å². The molecule has 0 aliphatic rings. The molecule has 2 aromatic rings. The van der Waals surface area contributed by atoms with E-state index in [1.807, 2.05) is 0 Å². The lowest BCUT2D eigenvalue weighted by Crippen LogP contribution is -1.97. The van der Waals surface area contributed by atoms with Crippen LogP contribution in [0.3, 0.4) is 0 Å². The van der Waals surface area contributed by atoms with Crippen molar-refractivity contribution < 1.29 is 6.16 Å². The molecule has 0 fully saturated rings. The Morgan fingerprint density at radius 2 is 1.15 bits per heavy atom. The van der Waals surface area contributed by atoms with E-state index < -0.39 is 0 Å². The highest BCUT2D eigenvalue weighted by atomic mass is 16.5. The summed E-state index contributed by atoms with van der Waals surface area (Å²) >= 11 is 0. The summed E-state index contributed by atoms with van der Waals surface area (Å²) < 4.78 is 5.43. The maximum absolute atomic E-state index is 5.43. The molecule has 108 valence electrons. The number of methoxy groups -OCH3 is 1. The van der Waals surface area contributed by atoms with Gasteiger partial charge < -0.3 is 4.74 Å². The van der Waals surface area contributed by atoms with Gasteiger partial charge in [0.1, 0.15) is 5.75 Å². The van der Waals surface area contributed by atoms with Gasteiger partial charge in [-0.05, 0) is 80.0 Å². The summed E-state index contributed by atoms with van der Waals surface area (Å²) in [4.78, 5) is 0. The highest BCUT2D eigenvalue weighted by molar-refractivity contribution is 5.45. The average Bonchev–Trinajstić information content (AvgIpc) is 2.35. The molecule has 0 amide bonds. The Hall–Kier alpha value is -1.76. The van der Waals surface area contributed by atoms with E-state index in [9.17, 15) is 0 Å². The predicted octanol–water partition coefficient (Wildman–Crippen LogP) is 5.07. The third-order valence-corrected chi connectivity index (χ3v) is 4.12. The van der Waals surface area contributed by atoms with E-state index in [1.54, 1.807) is 7.11 Å². The number of benzene rings is 2. The van der Waals surface area contributed by atoms with E-state index >= 15 is 0 Å². The SMILES string of the molecule is COc1c(C)cc(Cc2cc(C)c(C)c(C)c2)cc1C.[HH]. The van der Waals surface area contributed by atoms with Gasteiger partial charge in [-0.25, -0.2) is 0 Å². The Kier molecular flexibility index (Phi) is 4.17. The summed E-state index contributed by atoms with van der Waals surface area (Å²) in [6.07, 6.45) is 0.980.